The maximum Gasteiger partial charge on any atom is 0.330 e. The highest BCUT2D eigenvalue weighted by Gasteiger charge is 2.27. The monoisotopic (exact) mass is 257 g/mol. The molecule has 6 heteroatoms. The van der Waals surface area contributed by atoms with Crippen molar-refractivity contribution in [2.45, 2.75) is 64.6 Å². The first kappa shape index (κ1) is 14.8. The van der Waals surface area contributed by atoms with Crippen LogP contribution in [0.4, 0.5) is 4.79 Å². The van der Waals surface area contributed by atoms with E-state index >= 15 is 0 Å². The third kappa shape index (κ3) is 3.87. The molecule has 0 aliphatic carbocycles. The Morgan fingerprint density at radius 2 is 1.89 bits per heavy atom. The summed E-state index contributed by atoms with van der Waals surface area (Å²) >= 11 is 0. The zero-order valence-electron chi connectivity index (χ0n) is 11.3. The first-order valence-corrected chi connectivity index (χ1v) is 6.54. The third-order valence-electron chi connectivity index (χ3n) is 3.44. The first-order chi connectivity index (χ1) is 8.45. The van der Waals surface area contributed by atoms with Gasteiger partial charge < -0.3 is 10.4 Å². The van der Waals surface area contributed by atoms with Gasteiger partial charge in [-0.25, -0.2) is 14.6 Å². The molecular weight excluding hydrogens is 234 g/mol. The molecule has 0 aromatic carbocycles. The smallest absolute Gasteiger partial charge is 0.330 e. The maximum atomic E-state index is 11.7. The Labute approximate surface area is 108 Å². The van der Waals surface area contributed by atoms with Crippen LogP contribution in [0, 0.1) is 0 Å². The average molecular weight is 257 g/mol. The topological polar surface area (TPSA) is 81.7 Å². The van der Waals surface area contributed by atoms with Gasteiger partial charge in [0.15, 0.2) is 0 Å². The molecule has 3 atom stereocenters. The van der Waals surface area contributed by atoms with Crippen molar-refractivity contribution >= 4 is 12.0 Å². The van der Waals surface area contributed by atoms with Gasteiger partial charge in [0.25, 0.3) is 0 Å². The largest absolute Gasteiger partial charge is 0.480 e. The van der Waals surface area contributed by atoms with E-state index in [-0.39, 0.29) is 12.1 Å². The minimum atomic E-state index is -1.01. The highest BCUT2D eigenvalue weighted by atomic mass is 16.4. The molecule has 1 rings (SSSR count). The quantitative estimate of drug-likeness (QED) is 0.709. The Morgan fingerprint density at radius 3 is 2.33 bits per heavy atom. The van der Waals surface area contributed by atoms with Crippen molar-refractivity contribution < 1.29 is 14.7 Å². The van der Waals surface area contributed by atoms with Crippen LogP contribution in [0.2, 0.25) is 0 Å². The summed E-state index contributed by atoms with van der Waals surface area (Å²) in [5.74, 6) is -1.01. The lowest BCUT2D eigenvalue weighted by atomic mass is 10.00. The van der Waals surface area contributed by atoms with Crippen LogP contribution in [-0.4, -0.2) is 40.2 Å². The summed E-state index contributed by atoms with van der Waals surface area (Å²) in [7, 11) is 0. The highest BCUT2D eigenvalue weighted by Crippen LogP contribution is 2.19. The maximum absolute atomic E-state index is 11.7. The highest BCUT2D eigenvalue weighted by molar-refractivity contribution is 5.82. The molecule has 1 aliphatic rings. The van der Waals surface area contributed by atoms with Crippen LogP contribution >= 0.6 is 0 Å². The molecule has 0 aromatic rings. The number of hydrogen-bond donors (Lipinski definition) is 3. The zero-order chi connectivity index (χ0) is 13.7. The van der Waals surface area contributed by atoms with Gasteiger partial charge in [0.2, 0.25) is 0 Å². The Kier molecular flexibility index (Phi) is 5.40. The molecule has 0 aromatic heterocycles. The summed E-state index contributed by atoms with van der Waals surface area (Å²) in [5, 5.41) is 13.2. The number of urea groups is 1. The number of hydrogen-bond acceptors (Lipinski definition) is 3. The Morgan fingerprint density at radius 1 is 1.33 bits per heavy atom. The lowest BCUT2D eigenvalue weighted by molar-refractivity contribution is -0.139. The summed E-state index contributed by atoms with van der Waals surface area (Å²) in [4.78, 5) is 22.6. The van der Waals surface area contributed by atoms with Gasteiger partial charge in [-0.2, -0.15) is 0 Å². The number of carboxylic acid groups (broad SMARTS) is 1. The predicted molar refractivity (Wildman–Crippen MR) is 68.0 cm³/mol. The molecule has 3 N–H and O–H groups in total. The van der Waals surface area contributed by atoms with Gasteiger partial charge in [-0.05, 0) is 33.1 Å². The van der Waals surface area contributed by atoms with Crippen LogP contribution < -0.4 is 10.7 Å². The van der Waals surface area contributed by atoms with Crippen molar-refractivity contribution in [3.63, 3.8) is 0 Å². The first-order valence-electron chi connectivity index (χ1n) is 6.54. The number of carbonyl (C=O) groups is 2. The number of carbonyl (C=O) groups excluding carboxylic acids is 1. The fraction of sp³-hybridized carbons (Fsp3) is 0.833. The van der Waals surface area contributed by atoms with Crippen molar-refractivity contribution in [3.05, 3.63) is 0 Å². The number of carboxylic acids is 1. The van der Waals surface area contributed by atoms with E-state index in [4.69, 9.17) is 5.11 Å². The number of amides is 2. The van der Waals surface area contributed by atoms with Crippen LogP contribution in [-0.2, 0) is 4.79 Å². The van der Waals surface area contributed by atoms with E-state index in [1.807, 2.05) is 5.01 Å². The van der Waals surface area contributed by atoms with Gasteiger partial charge in [-0.3, -0.25) is 5.43 Å². The molecule has 2 amide bonds. The molecule has 0 bridgehead atoms. The van der Waals surface area contributed by atoms with E-state index in [0.29, 0.717) is 6.42 Å². The standard InChI is InChI=1S/C12H23N3O3/c1-4-10(11(16)17)13-12(18)14-15-8(2)6-5-7-9(15)3/h8-10H,4-7H2,1-3H3,(H,16,17)(H2,13,14,18)/t8?,9?,10-/m1/s1. The summed E-state index contributed by atoms with van der Waals surface area (Å²) in [5.41, 5.74) is 2.76. The Balaban J connectivity index is 2.50. The van der Waals surface area contributed by atoms with E-state index < -0.39 is 18.0 Å². The fourth-order valence-electron chi connectivity index (χ4n) is 2.29. The molecule has 0 saturated carbocycles. The fourth-order valence-corrected chi connectivity index (χ4v) is 2.29. The summed E-state index contributed by atoms with van der Waals surface area (Å²) in [6.45, 7) is 5.85. The van der Waals surface area contributed by atoms with Gasteiger partial charge in [0.05, 0.1) is 0 Å². The second kappa shape index (κ2) is 6.58. The van der Waals surface area contributed by atoms with Gasteiger partial charge >= 0.3 is 12.0 Å². The summed E-state index contributed by atoms with van der Waals surface area (Å²) < 4.78 is 0. The minimum Gasteiger partial charge on any atom is -0.480 e. The van der Waals surface area contributed by atoms with Gasteiger partial charge in [0.1, 0.15) is 6.04 Å². The van der Waals surface area contributed by atoms with Crippen LogP contribution in [0.1, 0.15) is 46.5 Å². The van der Waals surface area contributed by atoms with E-state index in [1.165, 1.54) is 0 Å². The number of aliphatic carboxylic acids is 1. The molecule has 2 unspecified atom stereocenters. The molecule has 6 nitrogen and oxygen atoms in total. The summed E-state index contributed by atoms with van der Waals surface area (Å²) in [6.07, 6.45) is 3.62. The molecule has 1 heterocycles. The lowest BCUT2D eigenvalue weighted by Crippen LogP contribution is -2.58. The molecule has 1 fully saturated rings. The van der Waals surface area contributed by atoms with Crippen molar-refractivity contribution in [1.82, 2.24) is 15.8 Å². The molecule has 0 radical (unpaired) electrons. The van der Waals surface area contributed by atoms with Crippen molar-refractivity contribution in [2.24, 2.45) is 0 Å². The second-order valence-corrected chi connectivity index (χ2v) is 4.92. The van der Waals surface area contributed by atoms with Gasteiger partial charge in [-0.1, -0.05) is 13.3 Å². The molecule has 1 saturated heterocycles. The number of piperidine rings is 1. The molecule has 0 spiro atoms. The van der Waals surface area contributed by atoms with Crippen molar-refractivity contribution in [1.29, 1.82) is 0 Å². The number of rotatable bonds is 4. The van der Waals surface area contributed by atoms with Gasteiger partial charge in [-0.15, -0.1) is 0 Å². The normalized spacial score (nSPS) is 26.4. The molecule has 1 aliphatic heterocycles. The van der Waals surface area contributed by atoms with Crippen LogP contribution in [0.25, 0.3) is 0 Å². The zero-order valence-corrected chi connectivity index (χ0v) is 11.3. The average Bonchev–Trinajstić information content (AvgIpc) is 2.30. The van der Waals surface area contributed by atoms with Crippen LogP contribution in [0.5, 0.6) is 0 Å². The second-order valence-electron chi connectivity index (χ2n) is 4.92. The molecular formula is C12H23N3O3. The number of nitrogens with zero attached hydrogens (tertiary/aromatic N) is 1. The van der Waals surface area contributed by atoms with E-state index in [0.717, 1.165) is 19.3 Å². The minimum absolute atomic E-state index is 0.282. The number of hydrazine groups is 1. The van der Waals surface area contributed by atoms with Crippen molar-refractivity contribution in [2.75, 3.05) is 0 Å². The Bertz CT molecular complexity index is 299. The van der Waals surface area contributed by atoms with E-state index in [9.17, 15) is 9.59 Å². The van der Waals surface area contributed by atoms with E-state index in [1.54, 1.807) is 6.92 Å². The lowest BCUT2D eigenvalue weighted by Gasteiger charge is -2.38. The summed E-state index contributed by atoms with van der Waals surface area (Å²) in [6, 6.07) is -0.709. The Hall–Kier alpha value is -1.30. The number of nitrogens with one attached hydrogen (secondary N) is 2. The third-order valence-corrected chi connectivity index (χ3v) is 3.44. The molecule has 104 valence electrons. The predicted octanol–water partition coefficient (Wildman–Crippen LogP) is 1.33. The van der Waals surface area contributed by atoms with Gasteiger partial charge in [0, 0.05) is 12.1 Å². The SMILES string of the molecule is CC[C@@H](NC(=O)NN1C(C)CCCC1C)C(=O)O. The van der Waals surface area contributed by atoms with Crippen LogP contribution in [0.15, 0.2) is 0 Å². The molecule has 18 heavy (non-hydrogen) atoms. The van der Waals surface area contributed by atoms with Crippen molar-refractivity contribution in [3.8, 4) is 0 Å². The van der Waals surface area contributed by atoms with E-state index in [2.05, 4.69) is 24.6 Å². The van der Waals surface area contributed by atoms with Crippen LogP contribution in [0.3, 0.4) is 0 Å².